The standard InChI is InChI=1S/C9H12N4O4S2/c1-17-13-6(7(11)14)5-3-19-9(12-5)18-2-4(10)8(15)16/h3-4H,2,10H2,1H3,(H2,11,14)(H,15,16). The van der Waals surface area contributed by atoms with Gasteiger partial charge in [-0.05, 0) is 0 Å². The minimum absolute atomic E-state index is 0.0897. The fourth-order valence-corrected chi connectivity index (χ4v) is 2.75. The summed E-state index contributed by atoms with van der Waals surface area (Å²) in [7, 11) is 1.29. The van der Waals surface area contributed by atoms with Crippen molar-refractivity contribution in [2.75, 3.05) is 12.9 Å². The number of nitrogens with zero attached hydrogens (tertiary/aromatic N) is 2. The van der Waals surface area contributed by atoms with Crippen molar-refractivity contribution >= 4 is 40.7 Å². The average molecular weight is 304 g/mol. The fraction of sp³-hybridized carbons (Fsp3) is 0.333. The number of carbonyl (C=O) groups excluding carboxylic acids is 1. The number of carboxylic acid groups (broad SMARTS) is 1. The zero-order valence-corrected chi connectivity index (χ0v) is 11.5. The van der Waals surface area contributed by atoms with Crippen LogP contribution in [0.4, 0.5) is 0 Å². The number of primary amides is 1. The van der Waals surface area contributed by atoms with Gasteiger partial charge in [-0.25, -0.2) is 4.98 Å². The van der Waals surface area contributed by atoms with E-state index < -0.39 is 17.9 Å². The Morgan fingerprint density at radius 2 is 2.37 bits per heavy atom. The van der Waals surface area contributed by atoms with Gasteiger partial charge in [-0.2, -0.15) is 0 Å². The van der Waals surface area contributed by atoms with E-state index in [4.69, 9.17) is 16.6 Å². The summed E-state index contributed by atoms with van der Waals surface area (Å²) >= 11 is 2.41. The Balaban J connectivity index is 2.74. The van der Waals surface area contributed by atoms with Crippen LogP contribution < -0.4 is 11.5 Å². The third kappa shape index (κ3) is 4.50. The Kier molecular flexibility index (Phi) is 5.73. The van der Waals surface area contributed by atoms with E-state index in [1.165, 1.54) is 30.2 Å². The lowest BCUT2D eigenvalue weighted by Crippen LogP contribution is -2.32. The number of rotatable bonds is 7. The van der Waals surface area contributed by atoms with Crippen LogP contribution in [0.15, 0.2) is 14.9 Å². The van der Waals surface area contributed by atoms with Crippen LogP contribution in [0.2, 0.25) is 0 Å². The van der Waals surface area contributed by atoms with Gasteiger partial charge in [0, 0.05) is 11.1 Å². The maximum absolute atomic E-state index is 11.1. The van der Waals surface area contributed by atoms with E-state index in [2.05, 4.69) is 15.0 Å². The topological polar surface area (TPSA) is 141 Å². The number of oxime groups is 1. The molecule has 0 aliphatic rings. The predicted molar refractivity (Wildman–Crippen MR) is 71.2 cm³/mol. The highest BCUT2D eigenvalue weighted by Gasteiger charge is 2.17. The van der Waals surface area contributed by atoms with E-state index in [9.17, 15) is 9.59 Å². The van der Waals surface area contributed by atoms with Gasteiger partial charge in [0.15, 0.2) is 10.1 Å². The lowest BCUT2D eigenvalue weighted by Gasteiger charge is -2.02. The molecule has 1 aromatic heterocycles. The van der Waals surface area contributed by atoms with Crippen molar-refractivity contribution in [3.05, 3.63) is 11.1 Å². The van der Waals surface area contributed by atoms with Crippen LogP contribution >= 0.6 is 23.1 Å². The molecule has 1 aromatic rings. The van der Waals surface area contributed by atoms with Gasteiger partial charge < -0.3 is 21.4 Å². The molecule has 19 heavy (non-hydrogen) atoms. The molecule has 104 valence electrons. The Morgan fingerprint density at radius 1 is 1.68 bits per heavy atom. The Hall–Kier alpha value is -1.65. The summed E-state index contributed by atoms with van der Waals surface area (Å²) in [5.74, 6) is -1.66. The third-order valence-electron chi connectivity index (χ3n) is 1.85. The summed E-state index contributed by atoms with van der Waals surface area (Å²) in [6.07, 6.45) is 0. The quantitative estimate of drug-likeness (QED) is 0.349. The van der Waals surface area contributed by atoms with Gasteiger partial charge in [-0.15, -0.1) is 11.3 Å². The molecule has 0 fully saturated rings. The molecule has 1 rings (SSSR count). The molecular formula is C9H12N4O4S2. The second-order valence-corrected chi connectivity index (χ2v) is 5.37. The smallest absolute Gasteiger partial charge is 0.321 e. The molecule has 0 saturated carbocycles. The summed E-state index contributed by atoms with van der Waals surface area (Å²) in [5.41, 5.74) is 10.7. The number of amides is 1. The number of carbonyl (C=O) groups is 2. The highest BCUT2D eigenvalue weighted by molar-refractivity contribution is 8.01. The Labute approximate surface area is 116 Å². The van der Waals surface area contributed by atoms with Crippen molar-refractivity contribution < 1.29 is 19.5 Å². The molecular weight excluding hydrogens is 292 g/mol. The molecule has 1 amide bonds. The van der Waals surface area contributed by atoms with Crippen molar-refractivity contribution in [2.24, 2.45) is 16.6 Å². The van der Waals surface area contributed by atoms with E-state index in [0.29, 0.717) is 4.34 Å². The summed E-state index contributed by atoms with van der Waals surface area (Å²) in [6.45, 7) is 0. The number of nitrogens with two attached hydrogens (primary N) is 2. The second-order valence-electron chi connectivity index (χ2n) is 3.24. The van der Waals surface area contributed by atoms with Crippen molar-refractivity contribution in [3.63, 3.8) is 0 Å². The molecule has 0 aliphatic heterocycles. The lowest BCUT2D eigenvalue weighted by molar-refractivity contribution is -0.137. The van der Waals surface area contributed by atoms with Gasteiger partial charge in [-0.1, -0.05) is 16.9 Å². The van der Waals surface area contributed by atoms with Crippen molar-refractivity contribution in [2.45, 2.75) is 10.4 Å². The molecule has 1 unspecified atom stereocenters. The second kappa shape index (κ2) is 7.07. The van der Waals surface area contributed by atoms with E-state index in [1.807, 2.05) is 0 Å². The first-order chi connectivity index (χ1) is 8.95. The number of hydrogen-bond donors (Lipinski definition) is 3. The molecule has 10 heteroatoms. The molecule has 0 spiro atoms. The lowest BCUT2D eigenvalue weighted by atomic mass is 10.3. The number of carboxylic acids is 1. The number of thiazole rings is 1. The van der Waals surface area contributed by atoms with Crippen LogP contribution in [-0.4, -0.2) is 46.6 Å². The number of aromatic nitrogens is 1. The zero-order chi connectivity index (χ0) is 14.4. The van der Waals surface area contributed by atoms with Gasteiger partial charge in [-0.3, -0.25) is 9.59 Å². The highest BCUT2D eigenvalue weighted by Crippen LogP contribution is 2.23. The first-order valence-electron chi connectivity index (χ1n) is 4.93. The molecule has 5 N–H and O–H groups in total. The normalized spacial score (nSPS) is 13.1. The third-order valence-corrected chi connectivity index (χ3v) is 3.99. The van der Waals surface area contributed by atoms with Crippen LogP contribution in [0.3, 0.4) is 0 Å². The minimum atomic E-state index is -1.08. The van der Waals surface area contributed by atoms with Crippen LogP contribution in [0.5, 0.6) is 0 Å². The largest absolute Gasteiger partial charge is 0.480 e. The average Bonchev–Trinajstić information content (AvgIpc) is 2.80. The maximum Gasteiger partial charge on any atom is 0.321 e. The number of hydrogen-bond acceptors (Lipinski definition) is 8. The number of thioether (sulfide) groups is 1. The molecule has 8 nitrogen and oxygen atoms in total. The zero-order valence-electron chi connectivity index (χ0n) is 9.90. The minimum Gasteiger partial charge on any atom is -0.480 e. The van der Waals surface area contributed by atoms with Crippen LogP contribution in [0.1, 0.15) is 5.69 Å². The molecule has 0 aromatic carbocycles. The first kappa shape index (κ1) is 15.4. The summed E-state index contributed by atoms with van der Waals surface area (Å²) in [6, 6.07) is -0.972. The maximum atomic E-state index is 11.1. The summed E-state index contributed by atoms with van der Waals surface area (Å²) < 4.78 is 0.566. The van der Waals surface area contributed by atoms with Gasteiger partial charge in [0.2, 0.25) is 0 Å². The Bertz CT molecular complexity index is 502. The fourth-order valence-electron chi connectivity index (χ4n) is 0.974. The monoisotopic (exact) mass is 304 g/mol. The van der Waals surface area contributed by atoms with Crippen LogP contribution in [-0.2, 0) is 14.4 Å². The number of aliphatic carboxylic acids is 1. The van der Waals surface area contributed by atoms with Gasteiger partial charge >= 0.3 is 5.97 Å². The van der Waals surface area contributed by atoms with Gasteiger partial charge in [0.25, 0.3) is 5.91 Å². The van der Waals surface area contributed by atoms with E-state index >= 15 is 0 Å². The molecule has 0 saturated heterocycles. The van der Waals surface area contributed by atoms with E-state index in [0.717, 1.165) is 0 Å². The summed E-state index contributed by atoms with van der Waals surface area (Å²) in [4.78, 5) is 30.3. The van der Waals surface area contributed by atoms with Gasteiger partial charge in [0.05, 0.1) is 0 Å². The molecule has 0 bridgehead atoms. The van der Waals surface area contributed by atoms with E-state index in [1.54, 1.807) is 5.38 Å². The van der Waals surface area contributed by atoms with Crippen molar-refractivity contribution in [3.8, 4) is 0 Å². The van der Waals surface area contributed by atoms with Crippen molar-refractivity contribution in [1.29, 1.82) is 0 Å². The Morgan fingerprint density at radius 3 is 2.89 bits per heavy atom. The van der Waals surface area contributed by atoms with Gasteiger partial charge in [0.1, 0.15) is 18.8 Å². The molecule has 0 aliphatic carbocycles. The molecule has 1 atom stereocenters. The predicted octanol–water partition coefficient (Wildman–Crippen LogP) is -0.517. The molecule has 0 radical (unpaired) electrons. The van der Waals surface area contributed by atoms with E-state index in [-0.39, 0.29) is 17.2 Å². The summed E-state index contributed by atoms with van der Waals surface area (Å²) in [5, 5.41) is 13.7. The van der Waals surface area contributed by atoms with Crippen LogP contribution in [0.25, 0.3) is 0 Å². The molecule has 1 heterocycles. The van der Waals surface area contributed by atoms with Crippen molar-refractivity contribution in [1.82, 2.24) is 4.98 Å². The first-order valence-corrected chi connectivity index (χ1v) is 6.80. The van der Waals surface area contributed by atoms with Crippen LogP contribution in [0, 0.1) is 0 Å². The highest BCUT2D eigenvalue weighted by atomic mass is 32.2. The SMILES string of the molecule is CON=C(C(N)=O)c1csc(SCC(N)C(=O)O)n1.